The van der Waals surface area contributed by atoms with Gasteiger partial charge in [0, 0.05) is 71.8 Å². The van der Waals surface area contributed by atoms with Gasteiger partial charge in [-0.05, 0) is 90.4 Å². The van der Waals surface area contributed by atoms with Crippen molar-refractivity contribution in [3.05, 3.63) is 87.6 Å². The fraction of sp³-hybridized carbons (Fsp3) is 0.460. The molecule has 7 atom stereocenters. The molecule has 9 amide bonds. The third-order valence-electron chi connectivity index (χ3n) is 12.4. The molecular formula is C50H68IN15O9. The van der Waals surface area contributed by atoms with Crippen LogP contribution in [0.2, 0.25) is 0 Å². The van der Waals surface area contributed by atoms with E-state index in [2.05, 4.69) is 85.1 Å². The molecule has 75 heavy (non-hydrogen) atoms. The summed E-state index contributed by atoms with van der Waals surface area (Å²) in [7, 11) is 0. The van der Waals surface area contributed by atoms with E-state index in [4.69, 9.17) is 17.2 Å². The molecule has 0 unspecified atom stereocenters. The zero-order chi connectivity index (χ0) is 54.4. The smallest absolute Gasteiger partial charge is 0.243 e. The van der Waals surface area contributed by atoms with E-state index in [0.29, 0.717) is 29.7 Å². The molecular weight excluding hydrogens is 1080 g/mol. The standard InChI is InChI=1S/C50H68IN15O9/c1-3-4-11-36(60-28(2)67)44(70)66-41-24-42(68)56-19-8-7-13-35(43(52)69)61-47(73)39(22-30-25-58-34-12-6-5-10-33(30)34)64-45(71)37(14-9-20-57-50(53)54)62-46(72)38(21-29-15-17-31(51)18-16-29)63-48(74)40(65-49(41)75)23-32-26-55-27-59-32/h5-6,10,12,15-18,25-27,35-41,58H,3-4,7-9,11,13-14,19-24H2,1-2H3,(H2,52,69)(H,55,59)(H,56,68)(H,60,67)(H,61,73)(H,62,72)(H,63,74)(H,64,71)(H,65,75)(H,66,70)(H4,53,54,57)/t35-,36-,37+,38+,39-,40+,41+/m0/s1. The second-order valence-electron chi connectivity index (χ2n) is 18.3. The quantitative estimate of drug-likeness (QED) is 0.0272. The van der Waals surface area contributed by atoms with Crippen LogP contribution >= 0.6 is 22.6 Å². The number of aromatic nitrogens is 3. The Bertz CT molecular complexity index is 2640. The molecule has 5 rings (SSSR count). The highest BCUT2D eigenvalue weighted by molar-refractivity contribution is 14.1. The molecule has 1 fully saturated rings. The lowest BCUT2D eigenvalue weighted by atomic mass is 10.0. The molecule has 16 N–H and O–H groups in total. The molecule has 0 spiro atoms. The zero-order valence-electron chi connectivity index (χ0n) is 42.0. The first-order valence-corrected chi connectivity index (χ1v) is 26.0. The number of fused-ring (bicyclic) bond motifs is 1. The maximum atomic E-state index is 14.8. The van der Waals surface area contributed by atoms with Gasteiger partial charge >= 0.3 is 0 Å². The first kappa shape index (κ1) is 58.3. The van der Waals surface area contributed by atoms with E-state index in [-0.39, 0.29) is 76.8 Å². The van der Waals surface area contributed by atoms with Crippen molar-refractivity contribution >= 4 is 92.6 Å². The van der Waals surface area contributed by atoms with Crippen LogP contribution < -0.4 is 59.7 Å². The van der Waals surface area contributed by atoms with Crippen LogP contribution in [0.3, 0.4) is 0 Å². The normalized spacial score (nSPS) is 21.2. The minimum absolute atomic E-state index is 0.0399. The number of para-hydroxylation sites is 1. The number of H-pyrrole nitrogens is 2. The van der Waals surface area contributed by atoms with Crippen molar-refractivity contribution in [1.29, 1.82) is 0 Å². The number of amides is 9. The van der Waals surface area contributed by atoms with Gasteiger partial charge in [0.05, 0.1) is 12.7 Å². The van der Waals surface area contributed by atoms with Crippen LogP contribution in [0.4, 0.5) is 0 Å². The largest absolute Gasteiger partial charge is 0.370 e. The van der Waals surface area contributed by atoms with Crippen LogP contribution in [0.1, 0.15) is 88.5 Å². The fourth-order valence-electron chi connectivity index (χ4n) is 8.40. The maximum Gasteiger partial charge on any atom is 0.243 e. The summed E-state index contributed by atoms with van der Waals surface area (Å²) in [5, 5.41) is 22.4. The number of halogens is 1. The van der Waals surface area contributed by atoms with E-state index >= 15 is 0 Å². The van der Waals surface area contributed by atoms with E-state index in [1.165, 1.54) is 19.4 Å². The zero-order valence-corrected chi connectivity index (χ0v) is 44.1. The average molecular weight is 1150 g/mol. The van der Waals surface area contributed by atoms with Crippen molar-refractivity contribution in [3.8, 4) is 0 Å². The van der Waals surface area contributed by atoms with Gasteiger partial charge in [0.15, 0.2) is 5.96 Å². The highest BCUT2D eigenvalue weighted by atomic mass is 127. The monoisotopic (exact) mass is 1150 g/mol. The summed E-state index contributed by atoms with van der Waals surface area (Å²) in [6.07, 6.45) is 5.71. The molecule has 2 aromatic carbocycles. The number of unbranched alkanes of at least 4 members (excludes halogenated alkanes) is 1. The Hall–Kier alpha value is -7.58. The summed E-state index contributed by atoms with van der Waals surface area (Å²) in [5.74, 6) is -7.10. The Morgan fingerprint density at radius 2 is 1.44 bits per heavy atom. The van der Waals surface area contributed by atoms with E-state index in [0.717, 1.165) is 14.5 Å². The molecule has 3 heterocycles. The lowest BCUT2D eigenvalue weighted by Gasteiger charge is -2.28. The molecule has 1 aliphatic heterocycles. The van der Waals surface area contributed by atoms with E-state index in [1.54, 1.807) is 30.5 Å². The molecule has 24 nitrogen and oxygen atoms in total. The van der Waals surface area contributed by atoms with Gasteiger partial charge in [0.25, 0.3) is 0 Å². The molecule has 4 aromatic rings. The van der Waals surface area contributed by atoms with E-state index in [1.807, 2.05) is 31.2 Å². The average Bonchev–Trinajstić information content (AvgIpc) is 4.04. The summed E-state index contributed by atoms with van der Waals surface area (Å²) >= 11 is 2.12. The van der Waals surface area contributed by atoms with Crippen LogP contribution in [0.25, 0.3) is 10.9 Å². The van der Waals surface area contributed by atoms with Crippen molar-refractivity contribution in [2.45, 2.75) is 133 Å². The number of nitrogens with zero attached hydrogens (tertiary/aromatic N) is 2. The Labute approximate surface area is 447 Å². The molecule has 0 saturated carbocycles. The van der Waals surface area contributed by atoms with Gasteiger partial charge in [0.1, 0.15) is 42.3 Å². The third kappa shape index (κ3) is 19.0. The summed E-state index contributed by atoms with van der Waals surface area (Å²) in [6, 6.07) is 5.09. The van der Waals surface area contributed by atoms with Gasteiger partial charge in [0.2, 0.25) is 53.2 Å². The number of rotatable bonds is 17. The predicted molar refractivity (Wildman–Crippen MR) is 286 cm³/mol. The van der Waals surface area contributed by atoms with Gasteiger partial charge in [-0.1, -0.05) is 50.1 Å². The number of carbonyl (C=O) groups is 9. The minimum Gasteiger partial charge on any atom is -0.370 e. The maximum absolute atomic E-state index is 14.8. The number of imidazole rings is 1. The van der Waals surface area contributed by atoms with Crippen molar-refractivity contribution in [1.82, 2.24) is 57.5 Å². The van der Waals surface area contributed by atoms with Crippen LogP contribution in [0, 0.1) is 3.57 Å². The van der Waals surface area contributed by atoms with Crippen LogP contribution in [0.15, 0.2) is 72.2 Å². The Morgan fingerprint density at radius 3 is 2.11 bits per heavy atom. The van der Waals surface area contributed by atoms with Gasteiger partial charge in [-0.3, -0.25) is 48.1 Å². The number of aromatic amines is 2. The van der Waals surface area contributed by atoms with Crippen molar-refractivity contribution in [2.75, 3.05) is 13.1 Å². The van der Waals surface area contributed by atoms with Crippen LogP contribution in [-0.4, -0.2) is 129 Å². The van der Waals surface area contributed by atoms with Crippen LogP contribution in [0.5, 0.6) is 0 Å². The number of hydrogen-bond donors (Lipinski definition) is 13. The van der Waals surface area contributed by atoms with E-state index in [9.17, 15) is 43.2 Å². The second-order valence-corrected chi connectivity index (χ2v) is 19.6. The summed E-state index contributed by atoms with van der Waals surface area (Å²) in [5.41, 5.74) is 19.4. The number of nitrogens with one attached hydrogen (secondary N) is 10. The van der Waals surface area contributed by atoms with Crippen molar-refractivity contribution in [2.24, 2.45) is 22.2 Å². The van der Waals surface area contributed by atoms with Crippen molar-refractivity contribution in [3.63, 3.8) is 0 Å². The topological polar surface area (TPSA) is 385 Å². The Kier molecular flexibility index (Phi) is 22.8. The molecule has 1 saturated heterocycles. The first-order valence-electron chi connectivity index (χ1n) is 24.9. The number of aliphatic imine (C=N–C) groups is 1. The molecule has 0 radical (unpaired) electrons. The number of guanidine groups is 1. The Balaban J connectivity index is 1.56. The molecule has 0 bridgehead atoms. The number of nitrogens with two attached hydrogens (primary N) is 3. The molecule has 25 heteroatoms. The SMILES string of the molecule is CCCC[C@H](NC(C)=O)C(=O)N[C@@H]1CC(=O)NCCCC[C@@H](C(N)=O)NC(=O)[C@H](Cc2c[nH]c3ccccc23)NC(=O)[C@@H](CCCN=C(N)N)NC(=O)[C@@H](Cc2ccc(I)cc2)NC(=O)[C@@H](Cc2cnc[nH]2)NC1=O. The van der Waals surface area contributed by atoms with Crippen molar-refractivity contribution < 1.29 is 43.2 Å². The number of benzene rings is 2. The predicted octanol–water partition coefficient (Wildman–Crippen LogP) is -0.644. The highest BCUT2D eigenvalue weighted by Gasteiger charge is 2.35. The van der Waals surface area contributed by atoms with Gasteiger partial charge in [-0.25, -0.2) is 4.98 Å². The molecule has 2 aromatic heterocycles. The highest BCUT2D eigenvalue weighted by Crippen LogP contribution is 2.20. The van der Waals surface area contributed by atoms with Gasteiger partial charge in [-0.15, -0.1) is 0 Å². The van der Waals surface area contributed by atoms with Gasteiger partial charge < -0.3 is 69.7 Å². The van der Waals surface area contributed by atoms with Crippen LogP contribution in [-0.2, 0) is 62.4 Å². The lowest BCUT2D eigenvalue weighted by Crippen LogP contribution is -2.61. The molecule has 1 aliphatic rings. The summed E-state index contributed by atoms with van der Waals surface area (Å²) in [6.45, 7) is 3.26. The minimum atomic E-state index is -1.58. The lowest BCUT2D eigenvalue weighted by molar-refractivity contribution is -0.136. The summed E-state index contributed by atoms with van der Waals surface area (Å²) < 4.78 is 0.889. The first-order chi connectivity index (χ1) is 35.9. The number of carbonyl (C=O) groups excluding carboxylic acids is 9. The van der Waals surface area contributed by atoms with Gasteiger partial charge in [-0.2, -0.15) is 0 Å². The molecule has 0 aliphatic carbocycles. The third-order valence-corrected chi connectivity index (χ3v) is 13.1. The number of hydrogen-bond acceptors (Lipinski definition) is 11. The Morgan fingerprint density at radius 1 is 0.787 bits per heavy atom. The second kappa shape index (κ2) is 29.3. The number of primary amides is 1. The van der Waals surface area contributed by atoms with E-state index < -0.39 is 102 Å². The molecule has 404 valence electrons. The fourth-order valence-corrected chi connectivity index (χ4v) is 8.76. The summed E-state index contributed by atoms with van der Waals surface area (Å²) in [4.78, 5) is 139.